The van der Waals surface area contributed by atoms with E-state index in [2.05, 4.69) is 0 Å². The number of cyclic esters (lactones) is 1. The normalized spacial score (nSPS) is 20.2. The first-order chi connectivity index (χ1) is 9.63. The Kier molecular flexibility index (Phi) is 4.56. The molecule has 106 valence electrons. The molecule has 1 saturated heterocycles. The van der Waals surface area contributed by atoms with Crippen LogP contribution in [0, 0.1) is 5.92 Å². The van der Waals surface area contributed by atoms with Crippen molar-refractivity contribution in [2.45, 2.75) is 26.3 Å². The van der Waals surface area contributed by atoms with Crippen LogP contribution in [0.1, 0.15) is 19.4 Å². The molecule has 1 fully saturated rings. The highest BCUT2D eigenvalue weighted by atomic mass is 16.6. The Hall–Kier alpha value is -2.10. The number of carbonyl (C=O) groups is 2. The molecule has 2 rings (SSSR count). The summed E-state index contributed by atoms with van der Waals surface area (Å²) in [5, 5.41) is 0. The third-order valence-electron chi connectivity index (χ3n) is 3.38. The number of amides is 2. The minimum Gasteiger partial charge on any atom is -0.447 e. The molecule has 0 radical (unpaired) electrons. The lowest BCUT2D eigenvalue weighted by Crippen LogP contribution is -2.42. The smallest absolute Gasteiger partial charge is 0.417 e. The molecule has 0 unspecified atom stereocenters. The number of nitrogens with zero attached hydrogens (tertiary/aromatic N) is 1. The van der Waals surface area contributed by atoms with Crippen LogP contribution in [0.25, 0.3) is 0 Å². The van der Waals surface area contributed by atoms with Gasteiger partial charge in [-0.2, -0.15) is 0 Å². The predicted octanol–water partition coefficient (Wildman–Crippen LogP) is 2.79. The SMILES string of the molecule is C/C=C/[C@H](C)C(=O)N1C(=O)OC[C@H]1Cc1ccccc1. The summed E-state index contributed by atoms with van der Waals surface area (Å²) in [6, 6.07) is 9.59. The number of rotatable bonds is 4. The fourth-order valence-electron chi connectivity index (χ4n) is 2.36. The fourth-order valence-corrected chi connectivity index (χ4v) is 2.36. The Balaban J connectivity index is 2.12. The fraction of sp³-hybridized carbons (Fsp3) is 0.375. The van der Waals surface area contributed by atoms with Crippen molar-refractivity contribution in [3.8, 4) is 0 Å². The number of ether oxygens (including phenoxy) is 1. The zero-order valence-corrected chi connectivity index (χ0v) is 11.8. The molecular weight excluding hydrogens is 254 g/mol. The maximum absolute atomic E-state index is 12.3. The van der Waals surface area contributed by atoms with Crippen molar-refractivity contribution < 1.29 is 14.3 Å². The van der Waals surface area contributed by atoms with Crippen LogP contribution < -0.4 is 0 Å². The van der Waals surface area contributed by atoms with Gasteiger partial charge >= 0.3 is 6.09 Å². The van der Waals surface area contributed by atoms with Gasteiger partial charge in [0.1, 0.15) is 6.61 Å². The van der Waals surface area contributed by atoms with Gasteiger partial charge in [-0.15, -0.1) is 0 Å². The molecule has 20 heavy (non-hydrogen) atoms. The molecule has 0 aromatic heterocycles. The van der Waals surface area contributed by atoms with Gasteiger partial charge in [0.05, 0.1) is 12.0 Å². The second-order valence-electron chi connectivity index (χ2n) is 4.94. The zero-order valence-electron chi connectivity index (χ0n) is 11.8. The highest BCUT2D eigenvalue weighted by Gasteiger charge is 2.38. The maximum Gasteiger partial charge on any atom is 0.417 e. The second kappa shape index (κ2) is 6.37. The van der Waals surface area contributed by atoms with Crippen LogP contribution in [0.3, 0.4) is 0 Å². The molecule has 2 amide bonds. The molecule has 0 N–H and O–H groups in total. The van der Waals surface area contributed by atoms with Crippen molar-refractivity contribution in [2.24, 2.45) is 5.92 Å². The Labute approximate surface area is 119 Å². The highest BCUT2D eigenvalue weighted by Crippen LogP contribution is 2.20. The van der Waals surface area contributed by atoms with E-state index in [4.69, 9.17) is 4.74 Å². The molecule has 1 aromatic carbocycles. The van der Waals surface area contributed by atoms with Crippen LogP contribution >= 0.6 is 0 Å². The molecule has 0 saturated carbocycles. The first-order valence-electron chi connectivity index (χ1n) is 6.80. The molecule has 4 nitrogen and oxygen atoms in total. The van der Waals surface area contributed by atoms with Crippen molar-refractivity contribution in [3.05, 3.63) is 48.0 Å². The number of hydrogen-bond donors (Lipinski definition) is 0. The summed E-state index contributed by atoms with van der Waals surface area (Å²) in [5.41, 5.74) is 1.09. The van der Waals surface area contributed by atoms with E-state index in [1.807, 2.05) is 43.3 Å². The van der Waals surface area contributed by atoms with Crippen LogP contribution in [0.15, 0.2) is 42.5 Å². The summed E-state index contributed by atoms with van der Waals surface area (Å²) in [6.07, 6.45) is 3.69. The standard InChI is InChI=1S/C16H19NO3/c1-3-7-12(2)15(18)17-14(11-20-16(17)19)10-13-8-5-4-6-9-13/h3-9,12,14H,10-11H2,1-2H3/b7-3+/t12-,14+/m0/s1. The minimum atomic E-state index is -0.535. The van der Waals surface area contributed by atoms with Gasteiger partial charge in [-0.3, -0.25) is 4.79 Å². The molecule has 4 heteroatoms. The average molecular weight is 273 g/mol. The summed E-state index contributed by atoms with van der Waals surface area (Å²) in [7, 11) is 0. The van der Waals surface area contributed by atoms with Gasteiger partial charge in [-0.1, -0.05) is 49.4 Å². The Morgan fingerprint density at radius 1 is 1.45 bits per heavy atom. The molecule has 1 heterocycles. The predicted molar refractivity (Wildman–Crippen MR) is 76.1 cm³/mol. The summed E-state index contributed by atoms with van der Waals surface area (Å²) in [5.74, 6) is -0.518. The van der Waals surface area contributed by atoms with Gasteiger partial charge in [0.2, 0.25) is 5.91 Å². The van der Waals surface area contributed by atoms with Crippen molar-refractivity contribution in [3.63, 3.8) is 0 Å². The summed E-state index contributed by atoms with van der Waals surface area (Å²) in [4.78, 5) is 25.4. The van der Waals surface area contributed by atoms with Crippen LogP contribution in [-0.2, 0) is 16.0 Å². The molecule has 1 aliphatic rings. The maximum atomic E-state index is 12.3. The Morgan fingerprint density at radius 3 is 2.80 bits per heavy atom. The van der Waals surface area contributed by atoms with Gasteiger partial charge in [0.15, 0.2) is 0 Å². The van der Waals surface area contributed by atoms with Crippen LogP contribution in [-0.4, -0.2) is 29.5 Å². The van der Waals surface area contributed by atoms with Gasteiger partial charge in [0, 0.05) is 0 Å². The monoisotopic (exact) mass is 273 g/mol. The summed E-state index contributed by atoms with van der Waals surface area (Å²) >= 11 is 0. The Morgan fingerprint density at radius 2 is 2.15 bits per heavy atom. The van der Waals surface area contributed by atoms with Crippen LogP contribution in [0.2, 0.25) is 0 Å². The average Bonchev–Trinajstić information content (AvgIpc) is 2.80. The zero-order chi connectivity index (χ0) is 14.5. The van der Waals surface area contributed by atoms with E-state index in [-0.39, 0.29) is 24.5 Å². The van der Waals surface area contributed by atoms with Gasteiger partial charge in [-0.05, 0) is 18.9 Å². The van der Waals surface area contributed by atoms with E-state index < -0.39 is 6.09 Å². The minimum absolute atomic E-state index is 0.202. The molecular formula is C16H19NO3. The van der Waals surface area contributed by atoms with E-state index in [0.29, 0.717) is 6.42 Å². The lowest BCUT2D eigenvalue weighted by atomic mass is 10.0. The van der Waals surface area contributed by atoms with E-state index in [1.54, 1.807) is 13.0 Å². The third-order valence-corrected chi connectivity index (χ3v) is 3.38. The highest BCUT2D eigenvalue weighted by molar-refractivity contribution is 5.95. The largest absolute Gasteiger partial charge is 0.447 e. The molecule has 1 aromatic rings. The molecule has 0 aliphatic carbocycles. The van der Waals surface area contributed by atoms with Gasteiger partial charge < -0.3 is 4.74 Å². The molecule has 0 bridgehead atoms. The van der Waals surface area contributed by atoms with E-state index in [1.165, 1.54) is 4.90 Å². The van der Waals surface area contributed by atoms with E-state index >= 15 is 0 Å². The lowest BCUT2D eigenvalue weighted by molar-refractivity contribution is -0.131. The van der Waals surface area contributed by atoms with Crippen molar-refractivity contribution in [1.29, 1.82) is 0 Å². The number of allylic oxidation sites excluding steroid dienone is 1. The topological polar surface area (TPSA) is 46.6 Å². The lowest BCUT2D eigenvalue weighted by Gasteiger charge is -2.21. The third kappa shape index (κ3) is 3.07. The van der Waals surface area contributed by atoms with Gasteiger partial charge in [0.25, 0.3) is 0 Å². The van der Waals surface area contributed by atoms with Crippen molar-refractivity contribution >= 4 is 12.0 Å². The quantitative estimate of drug-likeness (QED) is 0.792. The molecule has 2 atom stereocenters. The summed E-state index contributed by atoms with van der Waals surface area (Å²) < 4.78 is 5.04. The number of imide groups is 1. The van der Waals surface area contributed by atoms with Crippen LogP contribution in [0.4, 0.5) is 4.79 Å². The number of benzene rings is 1. The summed E-state index contributed by atoms with van der Waals surface area (Å²) in [6.45, 7) is 3.91. The number of hydrogen-bond acceptors (Lipinski definition) is 3. The second-order valence-corrected chi connectivity index (χ2v) is 4.94. The van der Waals surface area contributed by atoms with Crippen LogP contribution in [0.5, 0.6) is 0 Å². The first kappa shape index (κ1) is 14.3. The van der Waals surface area contributed by atoms with E-state index in [9.17, 15) is 9.59 Å². The van der Waals surface area contributed by atoms with E-state index in [0.717, 1.165) is 5.56 Å². The Bertz CT molecular complexity index is 510. The van der Waals surface area contributed by atoms with Crippen molar-refractivity contribution in [1.82, 2.24) is 4.90 Å². The van der Waals surface area contributed by atoms with Crippen molar-refractivity contribution in [2.75, 3.05) is 6.61 Å². The number of carbonyl (C=O) groups excluding carboxylic acids is 2. The molecule has 1 aliphatic heterocycles. The van der Waals surface area contributed by atoms with Gasteiger partial charge in [-0.25, -0.2) is 9.69 Å². The first-order valence-corrected chi connectivity index (χ1v) is 6.80. The molecule has 0 spiro atoms.